The average molecular weight is 258 g/mol. The van der Waals surface area contributed by atoms with Crippen LogP contribution < -0.4 is 5.73 Å². The zero-order chi connectivity index (χ0) is 13.7. The molecule has 0 radical (unpaired) electrons. The molecule has 1 atom stereocenters. The summed E-state index contributed by atoms with van der Waals surface area (Å²) < 4.78 is 0. The van der Waals surface area contributed by atoms with Crippen LogP contribution in [0.3, 0.4) is 0 Å². The maximum absolute atomic E-state index is 12.2. The lowest BCUT2D eigenvalue weighted by Crippen LogP contribution is -2.46. The SMILES string of the molecule is Cc1cccc(/C=C/C(=O)N2CCCCC2CN)c1. The third kappa shape index (κ3) is 3.67. The maximum atomic E-state index is 12.2. The van der Waals surface area contributed by atoms with Crippen molar-refractivity contribution in [1.82, 2.24) is 4.90 Å². The van der Waals surface area contributed by atoms with Gasteiger partial charge in [-0.05, 0) is 37.8 Å². The van der Waals surface area contributed by atoms with Crippen LogP contribution in [0, 0.1) is 6.92 Å². The van der Waals surface area contributed by atoms with E-state index in [2.05, 4.69) is 6.07 Å². The molecule has 1 unspecified atom stereocenters. The Bertz CT molecular complexity index is 468. The van der Waals surface area contributed by atoms with Gasteiger partial charge in [-0.1, -0.05) is 29.8 Å². The summed E-state index contributed by atoms with van der Waals surface area (Å²) in [6.07, 6.45) is 6.84. The Balaban J connectivity index is 2.03. The number of aryl methyl sites for hydroxylation is 1. The highest BCUT2D eigenvalue weighted by atomic mass is 16.2. The number of carbonyl (C=O) groups excluding carboxylic acids is 1. The van der Waals surface area contributed by atoms with Gasteiger partial charge in [0.05, 0.1) is 0 Å². The molecule has 19 heavy (non-hydrogen) atoms. The molecule has 1 aromatic carbocycles. The standard InChI is InChI=1S/C16H22N2O/c1-13-5-4-6-14(11-13)8-9-16(19)18-10-3-2-7-15(18)12-17/h4-6,8-9,11,15H,2-3,7,10,12,17H2,1H3/b9-8+. The fourth-order valence-electron chi connectivity index (χ4n) is 2.57. The number of amides is 1. The molecule has 1 aliphatic rings. The van der Waals surface area contributed by atoms with Gasteiger partial charge in [0.15, 0.2) is 0 Å². The molecule has 1 aromatic rings. The maximum Gasteiger partial charge on any atom is 0.246 e. The average Bonchev–Trinajstić information content (AvgIpc) is 2.45. The number of benzene rings is 1. The number of piperidine rings is 1. The van der Waals surface area contributed by atoms with Gasteiger partial charge < -0.3 is 10.6 Å². The number of rotatable bonds is 3. The van der Waals surface area contributed by atoms with Crippen LogP contribution in [0.4, 0.5) is 0 Å². The monoisotopic (exact) mass is 258 g/mol. The summed E-state index contributed by atoms with van der Waals surface area (Å²) in [6, 6.07) is 8.34. The van der Waals surface area contributed by atoms with Crippen LogP contribution in [0.2, 0.25) is 0 Å². The molecular weight excluding hydrogens is 236 g/mol. The zero-order valence-corrected chi connectivity index (χ0v) is 11.5. The van der Waals surface area contributed by atoms with E-state index in [0.717, 1.165) is 24.9 Å². The molecule has 0 aliphatic carbocycles. The second kappa shape index (κ2) is 6.53. The zero-order valence-electron chi connectivity index (χ0n) is 11.5. The van der Waals surface area contributed by atoms with Crippen LogP contribution in [0.1, 0.15) is 30.4 Å². The van der Waals surface area contributed by atoms with Gasteiger partial charge in [-0.25, -0.2) is 0 Å². The molecule has 0 spiro atoms. The molecule has 2 N–H and O–H groups in total. The van der Waals surface area contributed by atoms with E-state index >= 15 is 0 Å². The first-order chi connectivity index (χ1) is 9.20. The van der Waals surface area contributed by atoms with Crippen molar-refractivity contribution in [2.24, 2.45) is 5.73 Å². The highest BCUT2D eigenvalue weighted by molar-refractivity contribution is 5.92. The Morgan fingerprint density at radius 3 is 3.05 bits per heavy atom. The minimum Gasteiger partial charge on any atom is -0.335 e. The smallest absolute Gasteiger partial charge is 0.246 e. The molecule has 1 fully saturated rings. The van der Waals surface area contributed by atoms with Crippen molar-refractivity contribution in [1.29, 1.82) is 0 Å². The second-order valence-electron chi connectivity index (χ2n) is 5.16. The second-order valence-corrected chi connectivity index (χ2v) is 5.16. The van der Waals surface area contributed by atoms with Crippen molar-refractivity contribution in [3.8, 4) is 0 Å². The van der Waals surface area contributed by atoms with E-state index in [1.807, 2.05) is 36.1 Å². The molecule has 1 amide bonds. The molecular formula is C16H22N2O. The number of carbonyl (C=O) groups is 1. The fourth-order valence-corrected chi connectivity index (χ4v) is 2.57. The number of nitrogens with two attached hydrogens (primary N) is 1. The lowest BCUT2D eigenvalue weighted by atomic mass is 10.0. The molecule has 1 saturated heterocycles. The fraction of sp³-hybridized carbons (Fsp3) is 0.438. The lowest BCUT2D eigenvalue weighted by molar-refractivity contribution is -0.129. The van der Waals surface area contributed by atoms with Crippen molar-refractivity contribution in [3.63, 3.8) is 0 Å². The van der Waals surface area contributed by atoms with E-state index in [4.69, 9.17) is 5.73 Å². The Morgan fingerprint density at radius 2 is 2.32 bits per heavy atom. The van der Waals surface area contributed by atoms with Gasteiger partial charge in [0, 0.05) is 25.2 Å². The summed E-state index contributed by atoms with van der Waals surface area (Å²) in [6.45, 7) is 3.44. The first-order valence-electron chi connectivity index (χ1n) is 6.96. The molecule has 2 rings (SSSR count). The van der Waals surface area contributed by atoms with Crippen LogP contribution in [-0.4, -0.2) is 29.9 Å². The Labute approximate surface area is 115 Å². The number of likely N-dealkylation sites (tertiary alicyclic amines) is 1. The Kier molecular flexibility index (Phi) is 4.74. The molecule has 0 aromatic heterocycles. The molecule has 102 valence electrons. The van der Waals surface area contributed by atoms with E-state index in [1.165, 1.54) is 12.0 Å². The summed E-state index contributed by atoms with van der Waals surface area (Å²) >= 11 is 0. The van der Waals surface area contributed by atoms with E-state index in [1.54, 1.807) is 6.08 Å². The van der Waals surface area contributed by atoms with Gasteiger partial charge in [0.2, 0.25) is 5.91 Å². The number of nitrogens with zero attached hydrogens (tertiary/aromatic N) is 1. The van der Waals surface area contributed by atoms with Crippen molar-refractivity contribution >= 4 is 12.0 Å². The van der Waals surface area contributed by atoms with Gasteiger partial charge in [-0.3, -0.25) is 4.79 Å². The highest BCUT2D eigenvalue weighted by Gasteiger charge is 2.23. The molecule has 3 heteroatoms. The van der Waals surface area contributed by atoms with Gasteiger partial charge in [-0.2, -0.15) is 0 Å². The van der Waals surface area contributed by atoms with Crippen molar-refractivity contribution < 1.29 is 4.79 Å². The normalized spacial score (nSPS) is 19.9. The topological polar surface area (TPSA) is 46.3 Å². The van der Waals surface area contributed by atoms with Gasteiger partial charge >= 0.3 is 0 Å². The van der Waals surface area contributed by atoms with Gasteiger partial charge in [0.1, 0.15) is 0 Å². The van der Waals surface area contributed by atoms with E-state index in [-0.39, 0.29) is 11.9 Å². The summed E-state index contributed by atoms with van der Waals surface area (Å²) in [5, 5.41) is 0. The van der Waals surface area contributed by atoms with E-state index < -0.39 is 0 Å². The molecule has 0 bridgehead atoms. The van der Waals surface area contributed by atoms with Crippen LogP contribution in [0.5, 0.6) is 0 Å². The van der Waals surface area contributed by atoms with E-state index in [9.17, 15) is 4.79 Å². The van der Waals surface area contributed by atoms with Gasteiger partial charge in [0.25, 0.3) is 0 Å². The third-order valence-corrected chi connectivity index (χ3v) is 3.64. The summed E-state index contributed by atoms with van der Waals surface area (Å²) in [5.41, 5.74) is 8.01. The van der Waals surface area contributed by atoms with E-state index in [0.29, 0.717) is 6.54 Å². The van der Waals surface area contributed by atoms with Gasteiger partial charge in [-0.15, -0.1) is 0 Å². The Morgan fingerprint density at radius 1 is 1.47 bits per heavy atom. The molecule has 1 heterocycles. The third-order valence-electron chi connectivity index (χ3n) is 3.64. The quantitative estimate of drug-likeness (QED) is 0.846. The largest absolute Gasteiger partial charge is 0.335 e. The highest BCUT2D eigenvalue weighted by Crippen LogP contribution is 2.17. The first kappa shape index (κ1) is 13.8. The molecule has 0 saturated carbocycles. The summed E-state index contributed by atoms with van der Waals surface area (Å²) in [5.74, 6) is 0.0802. The summed E-state index contributed by atoms with van der Waals surface area (Å²) in [7, 11) is 0. The molecule has 1 aliphatic heterocycles. The number of hydrogen-bond donors (Lipinski definition) is 1. The minimum atomic E-state index is 0.0802. The van der Waals surface area contributed by atoms with Crippen LogP contribution in [0.15, 0.2) is 30.3 Å². The summed E-state index contributed by atoms with van der Waals surface area (Å²) in [4.78, 5) is 14.1. The van der Waals surface area contributed by atoms with Crippen LogP contribution >= 0.6 is 0 Å². The predicted molar refractivity (Wildman–Crippen MR) is 78.6 cm³/mol. The lowest BCUT2D eigenvalue weighted by Gasteiger charge is -2.34. The molecule has 3 nitrogen and oxygen atoms in total. The van der Waals surface area contributed by atoms with Crippen molar-refractivity contribution in [2.75, 3.05) is 13.1 Å². The number of hydrogen-bond acceptors (Lipinski definition) is 2. The first-order valence-corrected chi connectivity index (χ1v) is 6.96. The van der Waals surface area contributed by atoms with Crippen molar-refractivity contribution in [2.45, 2.75) is 32.2 Å². The Hall–Kier alpha value is -1.61. The van der Waals surface area contributed by atoms with Crippen LogP contribution in [-0.2, 0) is 4.79 Å². The predicted octanol–water partition coefficient (Wildman–Crippen LogP) is 2.35. The van der Waals surface area contributed by atoms with Crippen molar-refractivity contribution in [3.05, 3.63) is 41.5 Å². The minimum absolute atomic E-state index is 0.0802. The van der Waals surface area contributed by atoms with Crippen LogP contribution in [0.25, 0.3) is 6.08 Å².